The minimum absolute atomic E-state index is 0.103. The third kappa shape index (κ3) is 1.73. The molecule has 4 nitrogen and oxygen atoms in total. The van der Waals surface area contributed by atoms with Gasteiger partial charge < -0.3 is 10.0 Å². The van der Waals surface area contributed by atoms with E-state index in [1.54, 1.807) is 4.90 Å². The van der Waals surface area contributed by atoms with E-state index in [1.165, 1.54) is 13.3 Å². The molecule has 1 unspecified atom stereocenters. The Bertz CT molecular complexity index is 296. The zero-order chi connectivity index (χ0) is 11.1. The number of amides is 1. The van der Waals surface area contributed by atoms with E-state index in [4.69, 9.17) is 5.11 Å². The smallest absolute Gasteiger partial charge is 0.326 e. The lowest BCUT2D eigenvalue weighted by Crippen LogP contribution is -2.55. The Balaban J connectivity index is 2.11. The molecule has 1 heterocycles. The maximum Gasteiger partial charge on any atom is 0.326 e. The number of hydrogen-bond donors (Lipinski definition) is 1. The lowest BCUT2D eigenvalue weighted by Gasteiger charge is -2.50. The van der Waals surface area contributed by atoms with Gasteiger partial charge in [0.15, 0.2) is 0 Å². The number of piperidine rings is 1. The number of carbonyl (C=O) groups excluding carboxylic acids is 1. The van der Waals surface area contributed by atoms with Gasteiger partial charge in [-0.15, -0.1) is 0 Å². The molecule has 1 amide bonds. The standard InChI is InChI=1S/C11H17NO3/c1-8(13)12-7-11(4-2-5-11)6-3-9(12)10(14)15/h9H,2-7H2,1H3,(H,14,15). The summed E-state index contributed by atoms with van der Waals surface area (Å²) in [5.74, 6) is -0.965. The Morgan fingerprint density at radius 3 is 2.40 bits per heavy atom. The van der Waals surface area contributed by atoms with Gasteiger partial charge in [-0.2, -0.15) is 0 Å². The second-order valence-electron chi connectivity index (χ2n) is 4.89. The number of likely N-dealkylation sites (tertiary alicyclic amines) is 1. The van der Waals surface area contributed by atoms with Crippen molar-refractivity contribution in [3.63, 3.8) is 0 Å². The van der Waals surface area contributed by atoms with Crippen molar-refractivity contribution in [1.29, 1.82) is 0 Å². The first-order valence-corrected chi connectivity index (χ1v) is 5.54. The van der Waals surface area contributed by atoms with Crippen LogP contribution in [0.15, 0.2) is 0 Å². The second-order valence-corrected chi connectivity index (χ2v) is 4.89. The molecule has 0 aromatic carbocycles. The van der Waals surface area contributed by atoms with Gasteiger partial charge in [0.05, 0.1) is 0 Å². The first-order chi connectivity index (χ1) is 7.04. The van der Waals surface area contributed by atoms with Crippen molar-refractivity contribution in [2.24, 2.45) is 5.41 Å². The maximum absolute atomic E-state index is 11.4. The number of nitrogens with zero attached hydrogens (tertiary/aromatic N) is 1. The molecule has 2 aliphatic rings. The van der Waals surface area contributed by atoms with E-state index < -0.39 is 12.0 Å². The van der Waals surface area contributed by atoms with Crippen LogP contribution in [0.4, 0.5) is 0 Å². The van der Waals surface area contributed by atoms with Gasteiger partial charge in [0.2, 0.25) is 5.91 Å². The molecule has 4 heteroatoms. The quantitative estimate of drug-likeness (QED) is 0.710. The minimum atomic E-state index is -0.862. The first kappa shape index (κ1) is 10.5. The molecule has 84 valence electrons. The van der Waals surface area contributed by atoms with E-state index in [1.807, 2.05) is 0 Å². The second kappa shape index (κ2) is 3.51. The monoisotopic (exact) mass is 211 g/mol. The molecule has 0 aromatic rings. The fourth-order valence-electron chi connectivity index (χ4n) is 2.82. The highest BCUT2D eigenvalue weighted by Crippen LogP contribution is 2.48. The molecule has 1 spiro atoms. The predicted molar refractivity (Wildman–Crippen MR) is 54.3 cm³/mol. The Labute approximate surface area is 89.3 Å². The normalized spacial score (nSPS) is 28.6. The number of aliphatic carboxylic acids is 1. The van der Waals surface area contributed by atoms with Gasteiger partial charge in [0, 0.05) is 13.5 Å². The number of carbonyl (C=O) groups is 2. The molecule has 0 bridgehead atoms. The van der Waals surface area contributed by atoms with Crippen molar-refractivity contribution in [1.82, 2.24) is 4.90 Å². The van der Waals surface area contributed by atoms with Crippen molar-refractivity contribution in [3.05, 3.63) is 0 Å². The topological polar surface area (TPSA) is 57.6 Å². The Hall–Kier alpha value is -1.06. The van der Waals surface area contributed by atoms with Crippen LogP contribution in [0.2, 0.25) is 0 Å². The Morgan fingerprint density at radius 2 is 2.00 bits per heavy atom. The molecule has 2 rings (SSSR count). The van der Waals surface area contributed by atoms with Crippen LogP contribution in [0, 0.1) is 5.41 Å². The summed E-state index contributed by atoms with van der Waals surface area (Å²) in [6.07, 6.45) is 5.12. The SMILES string of the molecule is CC(=O)N1CC2(CCC2)CCC1C(=O)O. The van der Waals surface area contributed by atoms with E-state index in [0.29, 0.717) is 13.0 Å². The largest absolute Gasteiger partial charge is 0.480 e. The molecule has 1 saturated heterocycles. The molecule has 2 fully saturated rings. The van der Waals surface area contributed by atoms with Gasteiger partial charge in [-0.05, 0) is 31.1 Å². The van der Waals surface area contributed by atoms with Gasteiger partial charge in [-0.25, -0.2) is 4.79 Å². The highest BCUT2D eigenvalue weighted by atomic mass is 16.4. The number of rotatable bonds is 1. The van der Waals surface area contributed by atoms with E-state index >= 15 is 0 Å². The van der Waals surface area contributed by atoms with Crippen LogP contribution in [0.25, 0.3) is 0 Å². The predicted octanol–water partition coefficient (Wildman–Crippen LogP) is 1.25. The fourth-order valence-corrected chi connectivity index (χ4v) is 2.82. The lowest BCUT2D eigenvalue weighted by molar-refractivity contribution is -0.156. The third-order valence-corrected chi connectivity index (χ3v) is 3.93. The van der Waals surface area contributed by atoms with Gasteiger partial charge in [0.1, 0.15) is 6.04 Å². The highest BCUT2D eigenvalue weighted by molar-refractivity contribution is 5.82. The van der Waals surface area contributed by atoms with E-state index in [2.05, 4.69) is 0 Å². The molecule has 0 radical (unpaired) electrons. The van der Waals surface area contributed by atoms with E-state index in [-0.39, 0.29) is 11.3 Å². The minimum Gasteiger partial charge on any atom is -0.480 e. The number of hydrogen-bond acceptors (Lipinski definition) is 2. The summed E-state index contributed by atoms with van der Waals surface area (Å²) in [7, 11) is 0. The van der Waals surface area contributed by atoms with Crippen LogP contribution in [0.5, 0.6) is 0 Å². The molecule has 1 N–H and O–H groups in total. The number of carboxylic acid groups (broad SMARTS) is 1. The summed E-state index contributed by atoms with van der Waals surface area (Å²) >= 11 is 0. The van der Waals surface area contributed by atoms with Crippen LogP contribution in [-0.2, 0) is 9.59 Å². The van der Waals surface area contributed by atoms with Crippen molar-refractivity contribution < 1.29 is 14.7 Å². The molecule has 15 heavy (non-hydrogen) atoms. The molecular formula is C11H17NO3. The Morgan fingerprint density at radius 1 is 1.33 bits per heavy atom. The lowest BCUT2D eigenvalue weighted by atomic mass is 9.63. The van der Waals surface area contributed by atoms with Gasteiger partial charge >= 0.3 is 5.97 Å². The van der Waals surface area contributed by atoms with Gasteiger partial charge in [-0.1, -0.05) is 6.42 Å². The number of carboxylic acids is 1. The van der Waals surface area contributed by atoms with Crippen LogP contribution in [0.1, 0.15) is 39.0 Å². The summed E-state index contributed by atoms with van der Waals surface area (Å²) in [6.45, 7) is 2.12. The summed E-state index contributed by atoms with van der Waals surface area (Å²) in [6, 6.07) is -0.589. The van der Waals surface area contributed by atoms with Crippen LogP contribution in [0.3, 0.4) is 0 Å². The Kier molecular flexibility index (Phi) is 2.44. The molecule has 0 aromatic heterocycles. The van der Waals surface area contributed by atoms with Crippen LogP contribution in [-0.4, -0.2) is 34.5 Å². The van der Waals surface area contributed by atoms with Crippen molar-refractivity contribution in [2.45, 2.75) is 45.1 Å². The first-order valence-electron chi connectivity index (χ1n) is 5.54. The summed E-state index contributed by atoms with van der Waals surface area (Å²) in [5.41, 5.74) is 0.262. The van der Waals surface area contributed by atoms with Gasteiger partial charge in [0.25, 0.3) is 0 Å². The van der Waals surface area contributed by atoms with Crippen molar-refractivity contribution >= 4 is 11.9 Å². The van der Waals surface area contributed by atoms with E-state index in [0.717, 1.165) is 19.3 Å². The molecule has 1 atom stereocenters. The van der Waals surface area contributed by atoms with Gasteiger partial charge in [-0.3, -0.25) is 4.79 Å². The molecule has 1 aliphatic heterocycles. The fraction of sp³-hybridized carbons (Fsp3) is 0.818. The zero-order valence-corrected chi connectivity index (χ0v) is 9.03. The van der Waals surface area contributed by atoms with Crippen molar-refractivity contribution in [2.75, 3.05) is 6.54 Å². The third-order valence-electron chi connectivity index (χ3n) is 3.93. The maximum atomic E-state index is 11.4. The van der Waals surface area contributed by atoms with Crippen LogP contribution >= 0.6 is 0 Å². The summed E-state index contributed by atoms with van der Waals surface area (Å²) < 4.78 is 0. The van der Waals surface area contributed by atoms with E-state index in [9.17, 15) is 9.59 Å². The van der Waals surface area contributed by atoms with Crippen molar-refractivity contribution in [3.8, 4) is 0 Å². The highest BCUT2D eigenvalue weighted by Gasteiger charge is 2.46. The zero-order valence-electron chi connectivity index (χ0n) is 9.03. The molecule has 1 aliphatic carbocycles. The summed E-state index contributed by atoms with van der Waals surface area (Å²) in [4.78, 5) is 23.9. The molecular weight excluding hydrogens is 194 g/mol. The summed E-state index contributed by atoms with van der Waals surface area (Å²) in [5, 5.41) is 9.02. The molecule has 1 saturated carbocycles. The van der Waals surface area contributed by atoms with Crippen LogP contribution < -0.4 is 0 Å². The average Bonchev–Trinajstić information content (AvgIpc) is 2.14. The average molecular weight is 211 g/mol.